The van der Waals surface area contributed by atoms with Gasteiger partial charge in [-0.1, -0.05) is 36.2 Å². The summed E-state index contributed by atoms with van der Waals surface area (Å²) in [6.45, 7) is 4.15. The van der Waals surface area contributed by atoms with Gasteiger partial charge in [0.1, 0.15) is 0 Å². The summed E-state index contributed by atoms with van der Waals surface area (Å²) < 4.78 is 0. The van der Waals surface area contributed by atoms with Gasteiger partial charge in [-0.15, -0.1) is 0 Å². The zero-order valence-electron chi connectivity index (χ0n) is 10.7. The molecule has 0 atom stereocenters. The normalized spacial score (nSPS) is 16.2. The second-order valence-corrected chi connectivity index (χ2v) is 4.80. The minimum Gasteiger partial charge on any atom is -0.374 e. The molecular weight excluding hydrogens is 208 g/mol. The van der Waals surface area contributed by atoms with Crippen molar-refractivity contribution >= 4 is 5.84 Å². The molecule has 0 fully saturated rings. The van der Waals surface area contributed by atoms with Crippen molar-refractivity contribution in [1.82, 2.24) is 5.32 Å². The van der Waals surface area contributed by atoms with Crippen LogP contribution < -0.4 is 5.32 Å². The fourth-order valence-electron chi connectivity index (χ4n) is 2.24. The van der Waals surface area contributed by atoms with E-state index in [4.69, 9.17) is 0 Å². The van der Waals surface area contributed by atoms with Crippen LogP contribution >= 0.6 is 0 Å². The molecule has 1 N–H and O–H groups in total. The lowest BCUT2D eigenvalue weighted by atomic mass is 10.1. The highest BCUT2D eigenvalue weighted by molar-refractivity contribution is 5.82. The van der Waals surface area contributed by atoms with Crippen LogP contribution in [0.5, 0.6) is 0 Å². The third-order valence-corrected chi connectivity index (χ3v) is 3.20. The number of hydrogen-bond donors (Lipinski definition) is 1. The van der Waals surface area contributed by atoms with Crippen molar-refractivity contribution in [2.45, 2.75) is 39.0 Å². The zero-order chi connectivity index (χ0) is 11.9. The van der Waals surface area contributed by atoms with Gasteiger partial charge in [-0.2, -0.15) is 0 Å². The van der Waals surface area contributed by atoms with E-state index in [0.29, 0.717) is 0 Å². The molecule has 0 aliphatic carbocycles. The standard InChI is InChI=1S/C15H22N2/c1-13-6-5-7-14(12-13)9-11-17-15-8-3-2-4-10-16-15/h5-7,12H,2-4,8-11H2,1H3,(H,16,17). The number of aliphatic imine (C=N–C) groups is 1. The Hall–Kier alpha value is -1.31. The SMILES string of the molecule is Cc1cccc(CCNC2=NCCCCC2)c1. The molecule has 0 aromatic heterocycles. The van der Waals surface area contributed by atoms with E-state index >= 15 is 0 Å². The van der Waals surface area contributed by atoms with Crippen LogP contribution in [0.1, 0.15) is 36.8 Å². The third kappa shape index (κ3) is 4.22. The summed E-state index contributed by atoms with van der Waals surface area (Å²) >= 11 is 0. The van der Waals surface area contributed by atoms with E-state index in [2.05, 4.69) is 41.5 Å². The first-order chi connectivity index (χ1) is 8.34. The number of nitrogens with zero attached hydrogens (tertiary/aromatic N) is 1. The van der Waals surface area contributed by atoms with Crippen LogP contribution in [-0.2, 0) is 6.42 Å². The van der Waals surface area contributed by atoms with Crippen molar-refractivity contribution in [2.24, 2.45) is 4.99 Å². The summed E-state index contributed by atoms with van der Waals surface area (Å²) in [7, 11) is 0. The summed E-state index contributed by atoms with van der Waals surface area (Å²) in [5.41, 5.74) is 2.75. The maximum atomic E-state index is 4.58. The molecule has 0 unspecified atom stereocenters. The van der Waals surface area contributed by atoms with Crippen LogP contribution in [0, 0.1) is 6.92 Å². The molecule has 0 saturated carbocycles. The van der Waals surface area contributed by atoms with Gasteiger partial charge in [0, 0.05) is 19.5 Å². The average Bonchev–Trinajstić information content (AvgIpc) is 2.58. The molecule has 2 nitrogen and oxygen atoms in total. The first-order valence-corrected chi connectivity index (χ1v) is 6.67. The Morgan fingerprint density at radius 3 is 3.06 bits per heavy atom. The quantitative estimate of drug-likeness (QED) is 0.847. The molecule has 1 aliphatic heterocycles. The number of rotatable bonds is 3. The van der Waals surface area contributed by atoms with Crippen molar-refractivity contribution < 1.29 is 0 Å². The predicted molar refractivity (Wildman–Crippen MR) is 73.7 cm³/mol. The Balaban J connectivity index is 1.77. The number of nitrogens with one attached hydrogen (secondary N) is 1. The van der Waals surface area contributed by atoms with Crippen LogP contribution in [-0.4, -0.2) is 18.9 Å². The van der Waals surface area contributed by atoms with E-state index in [0.717, 1.165) is 25.9 Å². The summed E-state index contributed by atoms with van der Waals surface area (Å²) in [5, 5.41) is 3.48. The number of aryl methyl sites for hydroxylation is 1. The molecule has 17 heavy (non-hydrogen) atoms. The lowest BCUT2D eigenvalue weighted by Gasteiger charge is -2.08. The Bertz CT molecular complexity index is 382. The Kier molecular flexibility index (Phi) is 4.60. The number of hydrogen-bond acceptors (Lipinski definition) is 2. The first-order valence-electron chi connectivity index (χ1n) is 6.67. The highest BCUT2D eigenvalue weighted by Crippen LogP contribution is 2.07. The maximum absolute atomic E-state index is 4.58. The molecule has 0 amide bonds. The predicted octanol–water partition coefficient (Wildman–Crippen LogP) is 3.10. The van der Waals surface area contributed by atoms with Crippen LogP contribution in [0.3, 0.4) is 0 Å². The van der Waals surface area contributed by atoms with Gasteiger partial charge < -0.3 is 5.32 Å². The summed E-state index contributed by atoms with van der Waals surface area (Å²) in [6.07, 6.45) is 6.08. The minimum atomic E-state index is 1.00. The smallest absolute Gasteiger partial charge is 0.0963 e. The lowest BCUT2D eigenvalue weighted by molar-refractivity contribution is 0.728. The van der Waals surface area contributed by atoms with Crippen LogP contribution in [0.15, 0.2) is 29.3 Å². The molecule has 0 radical (unpaired) electrons. The first kappa shape index (κ1) is 12.2. The maximum Gasteiger partial charge on any atom is 0.0963 e. The van der Waals surface area contributed by atoms with Gasteiger partial charge in [0.2, 0.25) is 0 Å². The number of amidine groups is 1. The van der Waals surface area contributed by atoms with Gasteiger partial charge in [-0.3, -0.25) is 4.99 Å². The van der Waals surface area contributed by atoms with Gasteiger partial charge >= 0.3 is 0 Å². The minimum absolute atomic E-state index is 1.00. The molecule has 2 rings (SSSR count). The molecule has 1 aliphatic rings. The monoisotopic (exact) mass is 230 g/mol. The second-order valence-electron chi connectivity index (χ2n) is 4.80. The summed E-state index contributed by atoms with van der Waals surface area (Å²) in [4.78, 5) is 4.58. The molecule has 0 bridgehead atoms. The number of benzene rings is 1. The van der Waals surface area contributed by atoms with Crippen molar-refractivity contribution in [3.8, 4) is 0 Å². The third-order valence-electron chi connectivity index (χ3n) is 3.20. The Morgan fingerprint density at radius 1 is 1.24 bits per heavy atom. The van der Waals surface area contributed by atoms with E-state index in [1.165, 1.54) is 36.2 Å². The van der Waals surface area contributed by atoms with Crippen molar-refractivity contribution in [3.63, 3.8) is 0 Å². The van der Waals surface area contributed by atoms with Crippen LogP contribution in [0.2, 0.25) is 0 Å². The molecule has 0 saturated heterocycles. The fourth-order valence-corrected chi connectivity index (χ4v) is 2.24. The molecule has 2 heteroatoms. The van der Waals surface area contributed by atoms with E-state index in [-0.39, 0.29) is 0 Å². The van der Waals surface area contributed by atoms with Gasteiger partial charge in [0.15, 0.2) is 0 Å². The van der Waals surface area contributed by atoms with Crippen LogP contribution in [0.25, 0.3) is 0 Å². The Labute approximate surface area is 104 Å². The topological polar surface area (TPSA) is 24.4 Å². The van der Waals surface area contributed by atoms with Gasteiger partial charge in [0.25, 0.3) is 0 Å². The largest absolute Gasteiger partial charge is 0.374 e. The van der Waals surface area contributed by atoms with Crippen molar-refractivity contribution in [3.05, 3.63) is 35.4 Å². The highest BCUT2D eigenvalue weighted by Gasteiger charge is 2.03. The molecule has 1 heterocycles. The lowest BCUT2D eigenvalue weighted by Crippen LogP contribution is -2.25. The van der Waals surface area contributed by atoms with E-state index < -0.39 is 0 Å². The van der Waals surface area contributed by atoms with E-state index in [9.17, 15) is 0 Å². The molecule has 92 valence electrons. The Morgan fingerprint density at radius 2 is 2.18 bits per heavy atom. The van der Waals surface area contributed by atoms with Gasteiger partial charge in [-0.05, 0) is 31.7 Å². The molecule has 0 spiro atoms. The molecule has 1 aromatic carbocycles. The van der Waals surface area contributed by atoms with Crippen LogP contribution in [0.4, 0.5) is 0 Å². The van der Waals surface area contributed by atoms with Crippen molar-refractivity contribution in [1.29, 1.82) is 0 Å². The summed E-state index contributed by atoms with van der Waals surface area (Å²) in [5.74, 6) is 1.22. The zero-order valence-corrected chi connectivity index (χ0v) is 10.7. The average molecular weight is 230 g/mol. The van der Waals surface area contributed by atoms with Gasteiger partial charge in [0.05, 0.1) is 5.84 Å². The highest BCUT2D eigenvalue weighted by atomic mass is 15.0. The second kappa shape index (κ2) is 6.43. The molecular formula is C15H22N2. The molecule has 1 aromatic rings. The fraction of sp³-hybridized carbons (Fsp3) is 0.533. The van der Waals surface area contributed by atoms with Gasteiger partial charge in [-0.25, -0.2) is 0 Å². The van der Waals surface area contributed by atoms with Crippen molar-refractivity contribution in [2.75, 3.05) is 13.1 Å². The summed E-state index contributed by atoms with van der Waals surface area (Å²) in [6, 6.07) is 8.74. The van der Waals surface area contributed by atoms with E-state index in [1.807, 2.05) is 0 Å². The van der Waals surface area contributed by atoms with E-state index in [1.54, 1.807) is 0 Å².